The Morgan fingerprint density at radius 3 is 2.02 bits per heavy atom. The van der Waals surface area contributed by atoms with Crippen molar-refractivity contribution in [1.82, 2.24) is 5.32 Å². The first-order valence-electron chi connectivity index (χ1n) is 14.9. The predicted molar refractivity (Wildman–Crippen MR) is 179 cm³/mol. The third kappa shape index (κ3) is 12.8. The number of carbonyl (C=O) groups is 3. The lowest BCUT2D eigenvalue weighted by molar-refractivity contribution is -0.384. The second kappa shape index (κ2) is 17.5. The van der Waals surface area contributed by atoms with Crippen LogP contribution in [0.3, 0.4) is 0 Å². The van der Waals surface area contributed by atoms with Crippen LogP contribution in [0.25, 0.3) is 0 Å². The van der Waals surface area contributed by atoms with Gasteiger partial charge < -0.3 is 27.2 Å². The Kier molecular flexibility index (Phi) is 13.6. The van der Waals surface area contributed by atoms with E-state index in [0.29, 0.717) is 47.7 Å². The van der Waals surface area contributed by atoms with Gasteiger partial charge in [-0.1, -0.05) is 42.5 Å². The number of nitrogens with zero attached hydrogens (tertiary/aromatic N) is 2. The summed E-state index contributed by atoms with van der Waals surface area (Å²) in [6, 6.07) is 19.5. The lowest BCUT2D eigenvalue weighted by atomic mass is 9.81. The van der Waals surface area contributed by atoms with Gasteiger partial charge in [-0.15, -0.1) is 0 Å². The fourth-order valence-corrected chi connectivity index (χ4v) is 5.62. The molecule has 1 aliphatic carbocycles. The minimum atomic E-state index is -4.06. The average Bonchev–Trinajstić information content (AvgIpc) is 3.04. The molecule has 0 unspecified atom stereocenters. The molecular formula is C32H38N6O9S. The van der Waals surface area contributed by atoms with E-state index in [1.54, 1.807) is 12.1 Å². The second-order valence-corrected chi connectivity index (χ2v) is 12.7. The maximum absolute atomic E-state index is 12.5. The second-order valence-electron chi connectivity index (χ2n) is 11.3. The number of hydrogen-bond acceptors (Lipinski definition) is 8. The number of rotatable bonds is 12. The molecule has 2 amide bonds. The zero-order valence-corrected chi connectivity index (χ0v) is 26.7. The van der Waals surface area contributed by atoms with Gasteiger partial charge in [0, 0.05) is 42.3 Å². The van der Waals surface area contributed by atoms with E-state index in [9.17, 15) is 38.0 Å². The molecular weight excluding hydrogens is 644 g/mol. The lowest BCUT2D eigenvalue weighted by Gasteiger charge is -2.27. The molecule has 0 aromatic heterocycles. The third-order valence-electron chi connectivity index (χ3n) is 7.55. The number of nitrogens with two attached hydrogens (primary N) is 2. The lowest BCUT2D eigenvalue weighted by Crippen LogP contribution is -2.45. The summed E-state index contributed by atoms with van der Waals surface area (Å²) in [5.74, 6) is -2.04. The molecule has 0 heterocycles. The van der Waals surface area contributed by atoms with Crippen molar-refractivity contribution in [3.63, 3.8) is 0 Å². The molecule has 0 saturated heterocycles. The van der Waals surface area contributed by atoms with Crippen molar-refractivity contribution in [2.45, 2.75) is 43.9 Å². The number of non-ortho nitro benzene ring substituents is 1. The van der Waals surface area contributed by atoms with Crippen molar-refractivity contribution in [1.29, 1.82) is 0 Å². The quantitative estimate of drug-likeness (QED) is 0.0532. The van der Waals surface area contributed by atoms with Gasteiger partial charge in [-0.2, -0.15) is 8.42 Å². The molecule has 1 fully saturated rings. The van der Waals surface area contributed by atoms with Gasteiger partial charge in [0.2, 0.25) is 5.91 Å². The topological polar surface area (TPSA) is 257 Å². The Balaban J connectivity index is 0.000000275. The van der Waals surface area contributed by atoms with Crippen LogP contribution in [-0.4, -0.2) is 59.3 Å². The van der Waals surface area contributed by atoms with Gasteiger partial charge in [0.1, 0.15) is 11.8 Å². The van der Waals surface area contributed by atoms with Crippen LogP contribution in [0.2, 0.25) is 0 Å². The molecule has 1 aliphatic rings. The molecule has 16 heteroatoms. The molecule has 1 saturated carbocycles. The van der Waals surface area contributed by atoms with E-state index < -0.39 is 32.8 Å². The molecule has 15 nitrogen and oxygen atoms in total. The first-order valence-corrected chi connectivity index (χ1v) is 16.5. The van der Waals surface area contributed by atoms with Crippen molar-refractivity contribution in [3.05, 3.63) is 106 Å². The van der Waals surface area contributed by atoms with Crippen molar-refractivity contribution < 1.29 is 37.4 Å². The van der Waals surface area contributed by atoms with Gasteiger partial charge in [-0.3, -0.25) is 29.2 Å². The molecule has 3 aromatic rings. The SMILES string of the molecule is NC(N)=NCC1CCC(C(=O)N[C@@H](Cc2ccc([N+](=O)[O-])cc2)C(=O)O)CC1.O=C(Nc1ccccc1)c1ccc(CS(=O)(=O)O)cc1. The van der Waals surface area contributed by atoms with Gasteiger partial charge in [0.25, 0.3) is 21.7 Å². The number of anilines is 1. The summed E-state index contributed by atoms with van der Waals surface area (Å²) in [5.41, 5.74) is 12.7. The average molecular weight is 683 g/mol. The number of aliphatic imine (C=N–C) groups is 1. The number of nitro groups is 1. The van der Waals surface area contributed by atoms with Crippen LogP contribution in [0.4, 0.5) is 11.4 Å². The summed E-state index contributed by atoms with van der Waals surface area (Å²) >= 11 is 0. The van der Waals surface area contributed by atoms with Gasteiger partial charge in [-0.05, 0) is 67.0 Å². The first-order chi connectivity index (χ1) is 22.7. The number of aliphatic carboxylic acids is 1. The van der Waals surface area contributed by atoms with E-state index in [2.05, 4.69) is 15.6 Å². The summed E-state index contributed by atoms with van der Waals surface area (Å²) in [4.78, 5) is 50.1. The standard InChI is InChI=1S/C18H25N5O5.C14H13NO4S/c19-18(20)21-10-12-1-5-13(6-2-12)16(24)22-15(17(25)26)9-11-3-7-14(8-4-11)23(27)28;16-14(15-13-4-2-1-3-5-13)12-8-6-11(7-9-12)10-20(17,18)19/h3-4,7-8,12-13,15H,1-2,5-6,9-10H2,(H,22,24)(H,25,26)(H4,19,20,21);1-9H,10H2,(H,15,16)(H,17,18,19)/t12?,13?,15-;/m0./s1. The van der Waals surface area contributed by atoms with Crippen molar-refractivity contribution in [3.8, 4) is 0 Å². The number of amides is 2. The van der Waals surface area contributed by atoms with Crippen molar-refractivity contribution >= 4 is 45.2 Å². The van der Waals surface area contributed by atoms with E-state index in [-0.39, 0.29) is 35.8 Å². The van der Waals surface area contributed by atoms with Crippen molar-refractivity contribution in [2.24, 2.45) is 28.3 Å². The first kappa shape index (κ1) is 37.1. The molecule has 8 N–H and O–H groups in total. The summed E-state index contributed by atoms with van der Waals surface area (Å²) in [5, 5.41) is 25.4. The van der Waals surface area contributed by atoms with Gasteiger partial charge in [-0.25, -0.2) is 4.79 Å². The Bertz CT molecular complexity index is 1690. The largest absolute Gasteiger partial charge is 0.480 e. The number of carboxylic acids is 1. The Morgan fingerprint density at radius 1 is 0.917 bits per heavy atom. The number of nitro benzene ring substituents is 1. The zero-order valence-electron chi connectivity index (χ0n) is 25.9. The maximum atomic E-state index is 12.5. The summed E-state index contributed by atoms with van der Waals surface area (Å²) < 4.78 is 30.2. The van der Waals surface area contributed by atoms with Gasteiger partial charge >= 0.3 is 5.97 Å². The van der Waals surface area contributed by atoms with E-state index in [0.717, 1.165) is 12.8 Å². The highest BCUT2D eigenvalue weighted by Gasteiger charge is 2.29. The van der Waals surface area contributed by atoms with E-state index in [1.165, 1.54) is 48.5 Å². The number of carbonyl (C=O) groups excluding carboxylic acids is 2. The molecule has 0 spiro atoms. The van der Waals surface area contributed by atoms with E-state index >= 15 is 0 Å². The molecule has 0 bridgehead atoms. The fourth-order valence-electron chi connectivity index (χ4n) is 5.01. The highest BCUT2D eigenvalue weighted by atomic mass is 32.2. The predicted octanol–water partition coefficient (Wildman–Crippen LogP) is 3.11. The minimum absolute atomic E-state index is 0.0513. The molecule has 1 atom stereocenters. The number of hydrogen-bond donors (Lipinski definition) is 6. The Morgan fingerprint density at radius 2 is 1.50 bits per heavy atom. The van der Waals surface area contributed by atoms with Crippen LogP contribution in [0.15, 0.2) is 83.9 Å². The molecule has 0 radical (unpaired) electrons. The van der Waals surface area contributed by atoms with E-state index in [1.807, 2.05) is 18.2 Å². The van der Waals surface area contributed by atoms with Crippen molar-refractivity contribution in [2.75, 3.05) is 11.9 Å². The number of benzene rings is 3. The normalized spacial score (nSPS) is 16.3. The Hall–Kier alpha value is -5.35. The number of nitrogens with one attached hydrogen (secondary N) is 2. The van der Waals surface area contributed by atoms with Crippen LogP contribution in [-0.2, 0) is 31.9 Å². The summed E-state index contributed by atoms with van der Waals surface area (Å²) in [6.07, 6.45) is 2.96. The molecule has 48 heavy (non-hydrogen) atoms. The summed E-state index contributed by atoms with van der Waals surface area (Å²) in [6.45, 7) is 0.536. The third-order valence-corrected chi connectivity index (χ3v) is 8.25. The molecule has 256 valence electrons. The monoisotopic (exact) mass is 682 g/mol. The number of carboxylic acid groups (broad SMARTS) is 1. The Labute approximate surface area is 277 Å². The number of guanidine groups is 1. The van der Waals surface area contributed by atoms with Gasteiger partial charge in [0.05, 0.1) is 4.92 Å². The minimum Gasteiger partial charge on any atom is -0.480 e. The van der Waals surface area contributed by atoms with Crippen LogP contribution in [0.1, 0.15) is 47.2 Å². The zero-order chi connectivity index (χ0) is 35.3. The maximum Gasteiger partial charge on any atom is 0.326 e. The number of para-hydroxylation sites is 1. The van der Waals surface area contributed by atoms with Crippen LogP contribution in [0.5, 0.6) is 0 Å². The molecule has 3 aromatic carbocycles. The van der Waals surface area contributed by atoms with Crippen LogP contribution >= 0.6 is 0 Å². The smallest absolute Gasteiger partial charge is 0.326 e. The van der Waals surface area contributed by atoms with Crippen LogP contribution < -0.4 is 22.1 Å². The fraction of sp³-hybridized carbons (Fsp3) is 0.312. The molecule has 4 rings (SSSR count). The van der Waals surface area contributed by atoms with Crippen LogP contribution in [0, 0.1) is 22.0 Å². The van der Waals surface area contributed by atoms with E-state index in [4.69, 9.17) is 16.0 Å². The van der Waals surface area contributed by atoms with Gasteiger partial charge in [0.15, 0.2) is 5.96 Å². The highest BCUT2D eigenvalue weighted by Crippen LogP contribution is 2.29. The highest BCUT2D eigenvalue weighted by molar-refractivity contribution is 7.85. The molecule has 0 aliphatic heterocycles. The summed E-state index contributed by atoms with van der Waals surface area (Å²) in [7, 11) is -4.06.